The van der Waals surface area contributed by atoms with Crippen molar-refractivity contribution in [3.8, 4) is 5.88 Å². The van der Waals surface area contributed by atoms with E-state index in [0.717, 1.165) is 12.2 Å². The fraction of sp³-hybridized carbons (Fsp3) is 0.214. The minimum atomic E-state index is 0.507. The van der Waals surface area contributed by atoms with E-state index in [0.29, 0.717) is 11.4 Å². The minimum Gasteiger partial charge on any atom is -0.479 e. The van der Waals surface area contributed by atoms with Crippen molar-refractivity contribution in [2.75, 3.05) is 7.11 Å². The Morgan fingerprint density at radius 1 is 1.21 bits per heavy atom. The second-order valence-electron chi connectivity index (χ2n) is 4.42. The molecule has 2 heterocycles. The molecule has 5 heteroatoms. The van der Waals surface area contributed by atoms with Crippen molar-refractivity contribution in [3.05, 3.63) is 48.0 Å². The summed E-state index contributed by atoms with van der Waals surface area (Å²) in [7, 11) is 1.58. The van der Waals surface area contributed by atoms with Crippen LogP contribution >= 0.6 is 0 Å². The lowest BCUT2D eigenvalue weighted by atomic mass is 10.1. The van der Waals surface area contributed by atoms with Crippen molar-refractivity contribution in [1.82, 2.24) is 19.5 Å². The van der Waals surface area contributed by atoms with E-state index in [1.54, 1.807) is 13.4 Å². The Kier molecular flexibility index (Phi) is 2.87. The molecule has 0 saturated carbocycles. The molecule has 2 aromatic heterocycles. The maximum absolute atomic E-state index is 5.18. The van der Waals surface area contributed by atoms with E-state index in [4.69, 9.17) is 4.74 Å². The summed E-state index contributed by atoms with van der Waals surface area (Å²) in [6.45, 7) is 2.82. The highest BCUT2D eigenvalue weighted by atomic mass is 16.5. The number of ether oxygens (including phenoxy) is 1. The van der Waals surface area contributed by atoms with Crippen LogP contribution in [0.4, 0.5) is 0 Å². The summed E-state index contributed by atoms with van der Waals surface area (Å²) in [5, 5.41) is 0. The summed E-state index contributed by atoms with van der Waals surface area (Å²) in [6, 6.07) is 8.39. The predicted molar refractivity (Wildman–Crippen MR) is 72.2 cm³/mol. The van der Waals surface area contributed by atoms with Gasteiger partial charge >= 0.3 is 0 Å². The van der Waals surface area contributed by atoms with Crippen molar-refractivity contribution in [2.45, 2.75) is 13.5 Å². The van der Waals surface area contributed by atoms with E-state index in [9.17, 15) is 0 Å². The van der Waals surface area contributed by atoms with Gasteiger partial charge in [0.1, 0.15) is 6.33 Å². The SMILES string of the molecule is COc1ncnc2c1ncn2Cc1cccc(C)c1. The van der Waals surface area contributed by atoms with Gasteiger partial charge < -0.3 is 9.30 Å². The monoisotopic (exact) mass is 254 g/mol. The lowest BCUT2D eigenvalue weighted by Crippen LogP contribution is -2.00. The number of methoxy groups -OCH3 is 1. The molecular weight excluding hydrogens is 240 g/mol. The van der Waals surface area contributed by atoms with Gasteiger partial charge in [-0.1, -0.05) is 29.8 Å². The van der Waals surface area contributed by atoms with Crippen molar-refractivity contribution in [2.24, 2.45) is 0 Å². The Morgan fingerprint density at radius 2 is 2.11 bits per heavy atom. The summed E-state index contributed by atoms with van der Waals surface area (Å²) >= 11 is 0. The van der Waals surface area contributed by atoms with E-state index in [2.05, 4.69) is 46.1 Å². The van der Waals surface area contributed by atoms with E-state index in [1.165, 1.54) is 17.5 Å². The number of aryl methyl sites for hydroxylation is 1. The number of benzene rings is 1. The van der Waals surface area contributed by atoms with Gasteiger partial charge in [-0.2, -0.15) is 4.98 Å². The molecule has 96 valence electrons. The Balaban J connectivity index is 2.02. The molecule has 0 saturated heterocycles. The van der Waals surface area contributed by atoms with Crippen LogP contribution < -0.4 is 4.74 Å². The first kappa shape index (κ1) is 11.6. The van der Waals surface area contributed by atoms with Crippen LogP contribution in [0.5, 0.6) is 5.88 Å². The Bertz CT molecular complexity index is 720. The van der Waals surface area contributed by atoms with Gasteiger partial charge in [-0.05, 0) is 12.5 Å². The number of hydrogen-bond acceptors (Lipinski definition) is 4. The lowest BCUT2D eigenvalue weighted by Gasteiger charge is -2.05. The predicted octanol–water partition coefficient (Wildman–Crippen LogP) is 2.19. The molecule has 0 radical (unpaired) electrons. The summed E-state index contributed by atoms with van der Waals surface area (Å²) in [4.78, 5) is 12.6. The standard InChI is InChI=1S/C14H14N4O/c1-10-4-3-5-11(6-10)7-18-9-17-12-13(18)15-8-16-14(12)19-2/h3-6,8-9H,7H2,1-2H3. The highest BCUT2D eigenvalue weighted by molar-refractivity contribution is 5.75. The van der Waals surface area contributed by atoms with Crippen LogP contribution in [-0.2, 0) is 6.54 Å². The van der Waals surface area contributed by atoms with E-state index >= 15 is 0 Å². The first-order chi connectivity index (χ1) is 9.28. The van der Waals surface area contributed by atoms with Gasteiger partial charge in [0.25, 0.3) is 0 Å². The summed E-state index contributed by atoms with van der Waals surface area (Å²) in [5.74, 6) is 0.507. The van der Waals surface area contributed by atoms with Crippen LogP contribution in [0, 0.1) is 6.92 Å². The molecule has 5 nitrogen and oxygen atoms in total. The molecule has 0 spiro atoms. The topological polar surface area (TPSA) is 52.8 Å². The average molecular weight is 254 g/mol. The first-order valence-electron chi connectivity index (χ1n) is 6.03. The number of hydrogen-bond donors (Lipinski definition) is 0. The molecule has 3 rings (SSSR count). The van der Waals surface area contributed by atoms with Crippen molar-refractivity contribution < 1.29 is 4.74 Å². The Hall–Kier alpha value is -2.43. The van der Waals surface area contributed by atoms with Crippen LogP contribution in [0.2, 0.25) is 0 Å². The number of nitrogens with zero attached hydrogens (tertiary/aromatic N) is 4. The largest absolute Gasteiger partial charge is 0.479 e. The molecule has 19 heavy (non-hydrogen) atoms. The molecule has 3 aromatic rings. The number of aromatic nitrogens is 4. The van der Waals surface area contributed by atoms with Gasteiger partial charge in [0, 0.05) is 0 Å². The smallest absolute Gasteiger partial charge is 0.245 e. The van der Waals surface area contributed by atoms with Crippen LogP contribution in [-0.4, -0.2) is 26.6 Å². The van der Waals surface area contributed by atoms with Crippen LogP contribution in [0.3, 0.4) is 0 Å². The van der Waals surface area contributed by atoms with Gasteiger partial charge in [-0.3, -0.25) is 0 Å². The maximum atomic E-state index is 5.18. The highest BCUT2D eigenvalue weighted by Gasteiger charge is 2.10. The molecule has 0 unspecified atom stereocenters. The molecule has 0 aliphatic heterocycles. The number of fused-ring (bicyclic) bond motifs is 1. The summed E-state index contributed by atoms with van der Waals surface area (Å²) in [5.41, 5.74) is 3.94. The van der Waals surface area contributed by atoms with Gasteiger partial charge in [0.05, 0.1) is 20.0 Å². The molecule has 0 fully saturated rings. The normalized spacial score (nSPS) is 10.8. The van der Waals surface area contributed by atoms with E-state index in [1.807, 2.05) is 4.57 Å². The van der Waals surface area contributed by atoms with Gasteiger partial charge in [-0.25, -0.2) is 9.97 Å². The molecular formula is C14H14N4O. The van der Waals surface area contributed by atoms with Crippen LogP contribution in [0.15, 0.2) is 36.9 Å². The molecule has 0 atom stereocenters. The number of imidazole rings is 1. The van der Waals surface area contributed by atoms with Crippen molar-refractivity contribution in [1.29, 1.82) is 0 Å². The highest BCUT2D eigenvalue weighted by Crippen LogP contribution is 2.19. The zero-order valence-electron chi connectivity index (χ0n) is 10.9. The minimum absolute atomic E-state index is 0.507. The fourth-order valence-electron chi connectivity index (χ4n) is 2.13. The van der Waals surface area contributed by atoms with Crippen LogP contribution in [0.1, 0.15) is 11.1 Å². The third-order valence-electron chi connectivity index (χ3n) is 3.00. The Morgan fingerprint density at radius 3 is 2.89 bits per heavy atom. The Labute approximate surface area is 110 Å². The summed E-state index contributed by atoms with van der Waals surface area (Å²) in [6.07, 6.45) is 3.26. The molecule has 0 N–H and O–H groups in total. The second-order valence-corrected chi connectivity index (χ2v) is 4.42. The third-order valence-corrected chi connectivity index (χ3v) is 3.00. The number of rotatable bonds is 3. The van der Waals surface area contributed by atoms with Crippen molar-refractivity contribution >= 4 is 11.2 Å². The van der Waals surface area contributed by atoms with Gasteiger partial charge in [0.2, 0.25) is 5.88 Å². The van der Waals surface area contributed by atoms with Gasteiger partial charge in [-0.15, -0.1) is 0 Å². The van der Waals surface area contributed by atoms with E-state index in [-0.39, 0.29) is 0 Å². The average Bonchev–Trinajstić information content (AvgIpc) is 2.82. The third kappa shape index (κ3) is 2.14. The molecule has 0 bridgehead atoms. The fourth-order valence-corrected chi connectivity index (χ4v) is 2.13. The summed E-state index contributed by atoms with van der Waals surface area (Å²) < 4.78 is 7.18. The molecule has 0 amide bonds. The maximum Gasteiger partial charge on any atom is 0.245 e. The molecule has 1 aromatic carbocycles. The lowest BCUT2D eigenvalue weighted by molar-refractivity contribution is 0.401. The molecule has 0 aliphatic rings. The van der Waals surface area contributed by atoms with E-state index < -0.39 is 0 Å². The molecule has 0 aliphatic carbocycles. The van der Waals surface area contributed by atoms with Crippen molar-refractivity contribution in [3.63, 3.8) is 0 Å². The first-order valence-corrected chi connectivity index (χ1v) is 6.03. The zero-order chi connectivity index (χ0) is 13.2. The quantitative estimate of drug-likeness (QED) is 0.719. The van der Waals surface area contributed by atoms with Gasteiger partial charge in [0.15, 0.2) is 11.2 Å². The second kappa shape index (κ2) is 4.68. The zero-order valence-corrected chi connectivity index (χ0v) is 10.9. The van der Waals surface area contributed by atoms with Crippen LogP contribution in [0.25, 0.3) is 11.2 Å².